The predicted octanol–water partition coefficient (Wildman–Crippen LogP) is 3.25. The molecule has 0 spiro atoms. The zero-order chi connectivity index (χ0) is 14.5. The fraction of sp³-hybridized carbons (Fsp3) is 0.267. The maximum Gasteiger partial charge on any atom is 0.253 e. The molecule has 0 aliphatic rings. The molecule has 4 N–H and O–H groups in total. The number of thiophene rings is 1. The number of hydrogen-bond donors (Lipinski definition) is 3. The van der Waals surface area contributed by atoms with Gasteiger partial charge >= 0.3 is 0 Å². The predicted molar refractivity (Wildman–Crippen MR) is 85.2 cm³/mol. The summed E-state index contributed by atoms with van der Waals surface area (Å²) in [6.45, 7) is 4.56. The minimum absolute atomic E-state index is 0.0903. The fourth-order valence-corrected chi connectivity index (χ4v) is 2.73. The number of anilines is 2. The third-order valence-corrected chi connectivity index (χ3v) is 3.74. The van der Waals surface area contributed by atoms with Crippen molar-refractivity contribution in [3.63, 3.8) is 0 Å². The highest BCUT2D eigenvalue weighted by Gasteiger charge is 2.14. The van der Waals surface area contributed by atoms with Gasteiger partial charge in [0.05, 0.1) is 5.56 Å². The fourth-order valence-electron chi connectivity index (χ4n) is 1.97. The summed E-state index contributed by atoms with van der Waals surface area (Å²) in [6.07, 6.45) is 0. The van der Waals surface area contributed by atoms with Crippen LogP contribution in [-0.2, 0) is 0 Å². The summed E-state index contributed by atoms with van der Waals surface area (Å²) >= 11 is 1.66. The van der Waals surface area contributed by atoms with Crippen LogP contribution in [0.1, 0.15) is 35.8 Å². The molecule has 1 aromatic carbocycles. The molecule has 0 saturated carbocycles. The number of carbonyl (C=O) groups excluding carboxylic acids is 1. The molecule has 1 aromatic heterocycles. The van der Waals surface area contributed by atoms with Gasteiger partial charge in [0.15, 0.2) is 0 Å². The van der Waals surface area contributed by atoms with E-state index >= 15 is 0 Å². The molecule has 20 heavy (non-hydrogen) atoms. The highest BCUT2D eigenvalue weighted by Crippen LogP contribution is 2.25. The number of nitrogens with two attached hydrogens (primary N) is 1. The molecule has 0 radical (unpaired) electrons. The van der Waals surface area contributed by atoms with Gasteiger partial charge in [-0.1, -0.05) is 0 Å². The number of nitrogens with one attached hydrogen (secondary N) is 2. The number of rotatable bonds is 5. The van der Waals surface area contributed by atoms with Crippen molar-refractivity contribution in [3.8, 4) is 0 Å². The molecular weight excluding hydrogens is 270 g/mol. The lowest BCUT2D eigenvalue weighted by atomic mass is 10.1. The molecule has 2 rings (SSSR count). The van der Waals surface area contributed by atoms with Crippen LogP contribution in [0.4, 0.5) is 11.4 Å². The third-order valence-electron chi connectivity index (χ3n) is 3.04. The Morgan fingerprint density at radius 3 is 2.85 bits per heavy atom. The first kappa shape index (κ1) is 14.4. The van der Waals surface area contributed by atoms with Gasteiger partial charge in [-0.2, -0.15) is 11.3 Å². The first-order valence-corrected chi connectivity index (χ1v) is 7.52. The molecule has 0 saturated heterocycles. The lowest BCUT2D eigenvalue weighted by molar-refractivity contribution is 0.0956. The van der Waals surface area contributed by atoms with Crippen LogP contribution >= 0.6 is 11.3 Å². The van der Waals surface area contributed by atoms with Gasteiger partial charge in [-0.25, -0.2) is 0 Å². The van der Waals surface area contributed by atoms with Crippen LogP contribution < -0.4 is 16.4 Å². The van der Waals surface area contributed by atoms with Crippen molar-refractivity contribution >= 4 is 28.6 Å². The first-order valence-electron chi connectivity index (χ1n) is 6.58. The van der Waals surface area contributed by atoms with Crippen LogP contribution in [0.2, 0.25) is 0 Å². The molecule has 1 atom stereocenters. The lowest BCUT2D eigenvalue weighted by Gasteiger charge is -2.17. The van der Waals surface area contributed by atoms with Crippen LogP contribution in [0.3, 0.4) is 0 Å². The average molecular weight is 289 g/mol. The Balaban J connectivity index is 2.25. The van der Waals surface area contributed by atoms with Gasteiger partial charge in [-0.15, -0.1) is 0 Å². The Labute approximate surface area is 123 Å². The van der Waals surface area contributed by atoms with E-state index in [0.29, 0.717) is 17.8 Å². The van der Waals surface area contributed by atoms with E-state index in [0.717, 1.165) is 5.69 Å². The van der Waals surface area contributed by atoms with E-state index in [4.69, 9.17) is 5.73 Å². The Bertz CT molecular complexity index is 581. The Kier molecular flexibility index (Phi) is 4.63. The number of nitrogen functional groups attached to an aromatic ring is 1. The molecule has 0 fully saturated rings. The minimum Gasteiger partial charge on any atom is -0.399 e. The van der Waals surface area contributed by atoms with Gasteiger partial charge in [-0.05, 0) is 54.4 Å². The highest BCUT2D eigenvalue weighted by atomic mass is 32.1. The molecular formula is C15H19N3OS. The summed E-state index contributed by atoms with van der Waals surface area (Å²) in [5, 5.41) is 10.3. The van der Waals surface area contributed by atoms with E-state index in [2.05, 4.69) is 29.0 Å². The van der Waals surface area contributed by atoms with E-state index in [1.54, 1.807) is 29.5 Å². The molecule has 0 aliphatic heterocycles. The average Bonchev–Trinajstić information content (AvgIpc) is 2.93. The molecule has 106 valence electrons. The van der Waals surface area contributed by atoms with Gasteiger partial charge < -0.3 is 16.4 Å². The van der Waals surface area contributed by atoms with Gasteiger partial charge in [-0.3, -0.25) is 4.79 Å². The maximum atomic E-state index is 12.1. The zero-order valence-corrected chi connectivity index (χ0v) is 12.5. The number of hydrogen-bond acceptors (Lipinski definition) is 4. The smallest absolute Gasteiger partial charge is 0.253 e. The Hall–Kier alpha value is -2.01. The van der Waals surface area contributed by atoms with Crippen molar-refractivity contribution < 1.29 is 4.79 Å². The molecule has 4 nitrogen and oxygen atoms in total. The van der Waals surface area contributed by atoms with Crippen LogP contribution in [0.25, 0.3) is 0 Å². The monoisotopic (exact) mass is 289 g/mol. The molecule has 0 aliphatic carbocycles. The Morgan fingerprint density at radius 1 is 1.40 bits per heavy atom. The molecule has 2 aromatic rings. The number of benzene rings is 1. The molecule has 1 amide bonds. The molecule has 1 unspecified atom stereocenters. The van der Waals surface area contributed by atoms with Crippen LogP contribution in [0, 0.1) is 0 Å². The summed E-state index contributed by atoms with van der Waals surface area (Å²) in [5.74, 6) is -0.0903. The molecule has 1 heterocycles. The van der Waals surface area contributed by atoms with Gasteiger partial charge in [0.2, 0.25) is 0 Å². The van der Waals surface area contributed by atoms with Gasteiger partial charge in [0.1, 0.15) is 0 Å². The lowest BCUT2D eigenvalue weighted by Crippen LogP contribution is -2.24. The summed E-state index contributed by atoms with van der Waals surface area (Å²) in [4.78, 5) is 12.1. The second-order valence-corrected chi connectivity index (χ2v) is 5.37. The van der Waals surface area contributed by atoms with E-state index < -0.39 is 0 Å². The molecule has 5 heteroatoms. The topological polar surface area (TPSA) is 67.2 Å². The van der Waals surface area contributed by atoms with Crippen LogP contribution in [0.15, 0.2) is 35.0 Å². The number of amides is 1. The van der Waals surface area contributed by atoms with E-state index in [9.17, 15) is 4.79 Å². The highest BCUT2D eigenvalue weighted by molar-refractivity contribution is 7.08. The van der Waals surface area contributed by atoms with Crippen molar-refractivity contribution in [1.29, 1.82) is 0 Å². The van der Waals surface area contributed by atoms with Crippen molar-refractivity contribution in [2.75, 3.05) is 17.6 Å². The van der Waals surface area contributed by atoms with Crippen molar-refractivity contribution in [3.05, 3.63) is 46.2 Å². The van der Waals surface area contributed by atoms with E-state index in [-0.39, 0.29) is 11.9 Å². The molecule has 0 bridgehead atoms. The van der Waals surface area contributed by atoms with E-state index in [1.165, 1.54) is 5.56 Å². The SMILES string of the molecule is CCNC(=O)c1ccc(N)cc1NC(C)c1ccsc1. The van der Waals surface area contributed by atoms with Crippen molar-refractivity contribution in [2.24, 2.45) is 0 Å². The standard InChI is InChI=1S/C15H19N3OS/c1-3-17-15(19)13-5-4-12(16)8-14(13)18-10(2)11-6-7-20-9-11/h4-10,18H,3,16H2,1-2H3,(H,17,19). The maximum absolute atomic E-state index is 12.1. The van der Waals surface area contributed by atoms with Crippen LogP contribution in [-0.4, -0.2) is 12.5 Å². The summed E-state index contributed by atoms with van der Waals surface area (Å²) < 4.78 is 0. The Morgan fingerprint density at radius 2 is 2.20 bits per heavy atom. The van der Waals surface area contributed by atoms with Gasteiger partial charge in [0, 0.05) is 24.0 Å². The second kappa shape index (κ2) is 6.43. The van der Waals surface area contributed by atoms with Crippen molar-refractivity contribution in [1.82, 2.24) is 5.32 Å². The largest absolute Gasteiger partial charge is 0.399 e. The number of carbonyl (C=O) groups is 1. The summed E-state index contributed by atoms with van der Waals surface area (Å²) in [6, 6.07) is 7.48. The normalized spacial score (nSPS) is 11.9. The second-order valence-electron chi connectivity index (χ2n) is 4.59. The summed E-state index contributed by atoms with van der Waals surface area (Å²) in [5.41, 5.74) is 9.03. The van der Waals surface area contributed by atoms with Crippen LogP contribution in [0.5, 0.6) is 0 Å². The first-order chi connectivity index (χ1) is 9.61. The third kappa shape index (κ3) is 3.30. The quantitative estimate of drug-likeness (QED) is 0.740. The van der Waals surface area contributed by atoms with E-state index in [1.807, 2.05) is 12.3 Å². The summed E-state index contributed by atoms with van der Waals surface area (Å²) in [7, 11) is 0. The minimum atomic E-state index is -0.0903. The van der Waals surface area contributed by atoms with Crippen molar-refractivity contribution in [2.45, 2.75) is 19.9 Å². The zero-order valence-electron chi connectivity index (χ0n) is 11.6. The van der Waals surface area contributed by atoms with Gasteiger partial charge in [0.25, 0.3) is 5.91 Å².